The predicted molar refractivity (Wildman–Crippen MR) is 41.3 cm³/mol. The molecule has 1 aromatic heterocycles. The van der Waals surface area contributed by atoms with E-state index in [1.54, 1.807) is 0 Å². The fraction of sp³-hybridized carbons (Fsp3) is 0. The summed E-state index contributed by atoms with van der Waals surface area (Å²) in [5.41, 5.74) is -0.358. The number of benzene rings is 1. The van der Waals surface area contributed by atoms with E-state index in [1.807, 2.05) is 24.3 Å². The van der Waals surface area contributed by atoms with Gasteiger partial charge in [-0.1, -0.05) is 24.3 Å². The van der Waals surface area contributed by atoms with Gasteiger partial charge >= 0.3 is 5.63 Å². The zero-order valence-corrected chi connectivity index (χ0v) is 5.70. The van der Waals surface area contributed by atoms with E-state index in [9.17, 15) is 4.79 Å². The molecule has 2 aromatic rings. The summed E-state index contributed by atoms with van der Waals surface area (Å²) >= 11 is 0. The molecule has 0 fully saturated rings. The minimum Gasteiger partial charge on any atom is -0.419 e. The summed E-state index contributed by atoms with van der Waals surface area (Å²) in [4.78, 5) is 10.7. The monoisotopic (exact) mass is 145 g/mol. The zero-order chi connectivity index (χ0) is 7.68. The van der Waals surface area contributed by atoms with Gasteiger partial charge in [-0.25, -0.2) is 4.79 Å². The molecule has 0 saturated carbocycles. The van der Waals surface area contributed by atoms with Crippen LogP contribution in [0, 0.1) is 6.26 Å². The van der Waals surface area contributed by atoms with Crippen molar-refractivity contribution in [2.75, 3.05) is 0 Å². The summed E-state index contributed by atoms with van der Waals surface area (Å²) in [6.45, 7) is 0. The predicted octanol–water partition coefficient (Wildman–Crippen LogP) is 1.59. The van der Waals surface area contributed by atoms with Gasteiger partial charge in [-0.15, -0.1) is 0 Å². The third kappa shape index (κ3) is 1.03. The summed E-state index contributed by atoms with van der Waals surface area (Å²) in [7, 11) is 0. The summed E-state index contributed by atoms with van der Waals surface area (Å²) in [5.74, 6) is 0. The molecular weight excluding hydrogens is 140 g/mol. The Kier molecular flexibility index (Phi) is 1.25. The van der Waals surface area contributed by atoms with Crippen molar-refractivity contribution in [2.24, 2.45) is 0 Å². The number of rotatable bonds is 0. The second-order valence-electron chi connectivity index (χ2n) is 2.25. The average Bonchev–Trinajstić information content (AvgIpc) is 2.04. The fourth-order valence-electron chi connectivity index (χ4n) is 0.978. The SMILES string of the molecule is O=c1cc2ccccc2[c]o1. The molecule has 0 spiro atoms. The van der Waals surface area contributed by atoms with Gasteiger partial charge in [0.1, 0.15) is 0 Å². The van der Waals surface area contributed by atoms with Gasteiger partial charge in [0.2, 0.25) is 0 Å². The first-order valence-electron chi connectivity index (χ1n) is 3.27. The lowest BCUT2D eigenvalue weighted by Gasteiger charge is -1.90. The Morgan fingerprint density at radius 2 is 2.09 bits per heavy atom. The van der Waals surface area contributed by atoms with Crippen molar-refractivity contribution in [2.45, 2.75) is 0 Å². The molecule has 0 atom stereocenters. The average molecular weight is 145 g/mol. The van der Waals surface area contributed by atoms with E-state index in [0.717, 1.165) is 10.8 Å². The Bertz CT molecular complexity index is 429. The smallest absolute Gasteiger partial charge is 0.336 e. The summed E-state index contributed by atoms with van der Waals surface area (Å²) in [5, 5.41) is 1.69. The second-order valence-corrected chi connectivity index (χ2v) is 2.25. The Morgan fingerprint density at radius 1 is 1.27 bits per heavy atom. The van der Waals surface area contributed by atoms with Crippen LogP contribution in [-0.2, 0) is 0 Å². The molecule has 2 heteroatoms. The highest BCUT2D eigenvalue weighted by Crippen LogP contribution is 2.08. The van der Waals surface area contributed by atoms with Gasteiger partial charge in [0.25, 0.3) is 0 Å². The van der Waals surface area contributed by atoms with Crippen molar-refractivity contribution in [1.29, 1.82) is 0 Å². The molecule has 1 aromatic carbocycles. The maximum Gasteiger partial charge on any atom is 0.336 e. The van der Waals surface area contributed by atoms with Crippen LogP contribution in [0.2, 0.25) is 0 Å². The number of fused-ring (bicyclic) bond motifs is 1. The minimum atomic E-state index is -0.358. The lowest BCUT2D eigenvalue weighted by Crippen LogP contribution is -1.93. The van der Waals surface area contributed by atoms with Crippen LogP contribution in [0.25, 0.3) is 10.8 Å². The van der Waals surface area contributed by atoms with Crippen molar-refractivity contribution in [3.8, 4) is 0 Å². The minimum absolute atomic E-state index is 0.358. The first-order valence-corrected chi connectivity index (χ1v) is 3.27. The Morgan fingerprint density at radius 3 is 3.00 bits per heavy atom. The van der Waals surface area contributed by atoms with Crippen LogP contribution in [0.15, 0.2) is 39.5 Å². The van der Waals surface area contributed by atoms with Crippen LogP contribution < -0.4 is 5.63 Å². The fourth-order valence-corrected chi connectivity index (χ4v) is 0.978. The van der Waals surface area contributed by atoms with Gasteiger partial charge in [-0.2, -0.15) is 0 Å². The molecule has 0 N–H and O–H groups in total. The van der Waals surface area contributed by atoms with E-state index >= 15 is 0 Å². The molecule has 1 radical (unpaired) electrons. The molecule has 0 aliphatic heterocycles. The molecule has 11 heavy (non-hydrogen) atoms. The second kappa shape index (κ2) is 2.23. The van der Waals surface area contributed by atoms with Crippen LogP contribution in [-0.4, -0.2) is 0 Å². The van der Waals surface area contributed by atoms with Crippen molar-refractivity contribution < 1.29 is 4.42 Å². The van der Waals surface area contributed by atoms with E-state index < -0.39 is 0 Å². The molecule has 0 saturated heterocycles. The van der Waals surface area contributed by atoms with Crippen LogP contribution in [0.3, 0.4) is 0 Å². The Labute approximate surface area is 63.1 Å². The molecule has 2 rings (SSSR count). The molecule has 0 aliphatic rings. The van der Waals surface area contributed by atoms with Gasteiger partial charge in [-0.05, 0) is 5.39 Å². The molecular formula is C9H5O2. The van der Waals surface area contributed by atoms with Crippen LogP contribution in [0.4, 0.5) is 0 Å². The van der Waals surface area contributed by atoms with Crippen molar-refractivity contribution in [3.63, 3.8) is 0 Å². The van der Waals surface area contributed by atoms with E-state index in [2.05, 4.69) is 10.7 Å². The molecule has 0 unspecified atom stereocenters. The molecule has 0 amide bonds. The maximum absolute atomic E-state index is 10.7. The van der Waals surface area contributed by atoms with E-state index in [1.165, 1.54) is 6.07 Å². The quantitative estimate of drug-likeness (QED) is 0.563. The molecule has 0 bridgehead atoms. The lowest BCUT2D eigenvalue weighted by molar-refractivity contribution is 0.509. The van der Waals surface area contributed by atoms with Gasteiger partial charge in [0.15, 0.2) is 6.26 Å². The first kappa shape index (κ1) is 6.16. The lowest BCUT2D eigenvalue weighted by atomic mass is 10.2. The van der Waals surface area contributed by atoms with Gasteiger partial charge in [0, 0.05) is 11.5 Å². The van der Waals surface area contributed by atoms with Gasteiger partial charge < -0.3 is 4.42 Å². The maximum atomic E-state index is 10.7. The Hall–Kier alpha value is -1.57. The van der Waals surface area contributed by atoms with E-state index in [-0.39, 0.29) is 5.63 Å². The molecule has 2 nitrogen and oxygen atoms in total. The first-order chi connectivity index (χ1) is 5.36. The largest absolute Gasteiger partial charge is 0.419 e. The standard InChI is InChI=1S/C9H5O2/c10-9-5-7-3-1-2-4-8(7)6-11-9/h1-5H. The third-order valence-corrected chi connectivity index (χ3v) is 1.50. The summed E-state index contributed by atoms with van der Waals surface area (Å²) in [6.07, 6.45) is 2.53. The zero-order valence-electron chi connectivity index (χ0n) is 5.70. The highest BCUT2D eigenvalue weighted by molar-refractivity contribution is 5.79. The van der Waals surface area contributed by atoms with Crippen LogP contribution >= 0.6 is 0 Å². The van der Waals surface area contributed by atoms with Crippen LogP contribution in [0.1, 0.15) is 0 Å². The van der Waals surface area contributed by atoms with Crippen LogP contribution in [0.5, 0.6) is 0 Å². The number of hydrogen-bond acceptors (Lipinski definition) is 2. The van der Waals surface area contributed by atoms with Crippen molar-refractivity contribution in [1.82, 2.24) is 0 Å². The highest BCUT2D eigenvalue weighted by Gasteiger charge is 1.92. The topological polar surface area (TPSA) is 30.2 Å². The molecule has 53 valence electrons. The molecule has 1 heterocycles. The summed E-state index contributed by atoms with van der Waals surface area (Å²) in [6, 6.07) is 8.89. The third-order valence-electron chi connectivity index (χ3n) is 1.50. The molecule has 0 aliphatic carbocycles. The van der Waals surface area contributed by atoms with E-state index in [4.69, 9.17) is 0 Å². The Balaban J connectivity index is 2.94. The van der Waals surface area contributed by atoms with Crippen molar-refractivity contribution >= 4 is 10.8 Å². The normalized spacial score (nSPS) is 10.2. The number of hydrogen-bond donors (Lipinski definition) is 0. The highest BCUT2D eigenvalue weighted by atomic mass is 16.4. The van der Waals surface area contributed by atoms with Gasteiger partial charge in [-0.3, -0.25) is 0 Å². The van der Waals surface area contributed by atoms with Gasteiger partial charge in [0.05, 0.1) is 0 Å². The van der Waals surface area contributed by atoms with E-state index in [0.29, 0.717) is 0 Å². The van der Waals surface area contributed by atoms with Crippen molar-refractivity contribution in [3.05, 3.63) is 47.0 Å². The summed E-state index contributed by atoms with van der Waals surface area (Å²) < 4.78 is 4.56.